The number of nitrogens with one attached hydrogen (secondary N) is 1. The van der Waals surface area contributed by atoms with Crippen LogP contribution in [0.25, 0.3) is 0 Å². The van der Waals surface area contributed by atoms with E-state index in [0.717, 1.165) is 25.9 Å². The van der Waals surface area contributed by atoms with Crippen molar-refractivity contribution in [1.29, 1.82) is 5.26 Å². The zero-order valence-corrected chi connectivity index (χ0v) is 9.16. The number of pyridine rings is 1. The summed E-state index contributed by atoms with van der Waals surface area (Å²) in [5, 5.41) is 11.7. The SMILES string of the molecule is Cc1cnccc1CNCCCCC#N. The van der Waals surface area contributed by atoms with E-state index < -0.39 is 0 Å². The summed E-state index contributed by atoms with van der Waals surface area (Å²) >= 11 is 0. The van der Waals surface area contributed by atoms with Gasteiger partial charge < -0.3 is 5.32 Å². The Balaban J connectivity index is 2.16. The van der Waals surface area contributed by atoms with Gasteiger partial charge in [-0.15, -0.1) is 0 Å². The second-order valence-corrected chi connectivity index (χ2v) is 3.59. The Labute approximate surface area is 91.1 Å². The van der Waals surface area contributed by atoms with Crippen molar-refractivity contribution in [3.63, 3.8) is 0 Å². The van der Waals surface area contributed by atoms with Gasteiger partial charge in [0.15, 0.2) is 0 Å². The maximum atomic E-state index is 8.36. The van der Waals surface area contributed by atoms with Crippen molar-refractivity contribution in [3.8, 4) is 6.07 Å². The van der Waals surface area contributed by atoms with Crippen LogP contribution < -0.4 is 5.32 Å². The maximum absolute atomic E-state index is 8.36. The minimum absolute atomic E-state index is 0.663. The molecule has 0 aliphatic carbocycles. The van der Waals surface area contributed by atoms with Gasteiger partial charge in [0.2, 0.25) is 0 Å². The second-order valence-electron chi connectivity index (χ2n) is 3.59. The maximum Gasteiger partial charge on any atom is 0.0621 e. The van der Waals surface area contributed by atoms with Crippen molar-refractivity contribution in [1.82, 2.24) is 10.3 Å². The van der Waals surface area contributed by atoms with Crippen molar-refractivity contribution in [3.05, 3.63) is 29.6 Å². The second kappa shape index (κ2) is 6.97. The van der Waals surface area contributed by atoms with Gasteiger partial charge in [0, 0.05) is 25.4 Å². The molecule has 3 heteroatoms. The molecule has 15 heavy (non-hydrogen) atoms. The number of hydrogen-bond donors (Lipinski definition) is 1. The first-order valence-electron chi connectivity index (χ1n) is 5.31. The smallest absolute Gasteiger partial charge is 0.0621 e. The summed E-state index contributed by atoms with van der Waals surface area (Å²) in [6, 6.07) is 4.19. The predicted molar refractivity (Wildman–Crippen MR) is 60.1 cm³/mol. The van der Waals surface area contributed by atoms with E-state index in [1.165, 1.54) is 11.1 Å². The molecule has 0 radical (unpaired) electrons. The fourth-order valence-corrected chi connectivity index (χ4v) is 1.38. The third-order valence-corrected chi connectivity index (χ3v) is 2.34. The molecule has 1 rings (SSSR count). The van der Waals surface area contributed by atoms with Gasteiger partial charge in [0.1, 0.15) is 0 Å². The number of nitrogens with zero attached hydrogens (tertiary/aromatic N) is 2. The van der Waals surface area contributed by atoms with Gasteiger partial charge in [0.25, 0.3) is 0 Å². The minimum Gasteiger partial charge on any atom is -0.313 e. The molecule has 80 valence electrons. The zero-order valence-electron chi connectivity index (χ0n) is 9.16. The molecule has 0 aromatic carbocycles. The van der Waals surface area contributed by atoms with E-state index in [0.29, 0.717) is 6.42 Å². The van der Waals surface area contributed by atoms with E-state index in [9.17, 15) is 0 Å². The van der Waals surface area contributed by atoms with Crippen molar-refractivity contribution in [2.75, 3.05) is 6.54 Å². The van der Waals surface area contributed by atoms with E-state index >= 15 is 0 Å². The van der Waals surface area contributed by atoms with E-state index in [-0.39, 0.29) is 0 Å². The lowest BCUT2D eigenvalue weighted by molar-refractivity contribution is 0.627. The molecule has 3 nitrogen and oxygen atoms in total. The summed E-state index contributed by atoms with van der Waals surface area (Å²) < 4.78 is 0. The van der Waals surface area contributed by atoms with Crippen molar-refractivity contribution in [2.45, 2.75) is 32.7 Å². The molecule has 1 heterocycles. The first-order valence-corrected chi connectivity index (χ1v) is 5.31. The standard InChI is InChI=1S/C12H17N3/c1-11-9-15-8-5-12(11)10-14-7-4-2-3-6-13/h5,8-9,14H,2-4,7,10H2,1H3. The lowest BCUT2D eigenvalue weighted by Crippen LogP contribution is -2.15. The van der Waals surface area contributed by atoms with Crippen LogP contribution >= 0.6 is 0 Å². The van der Waals surface area contributed by atoms with E-state index in [4.69, 9.17) is 5.26 Å². The van der Waals surface area contributed by atoms with E-state index in [1.54, 1.807) is 0 Å². The molecule has 0 unspecified atom stereocenters. The highest BCUT2D eigenvalue weighted by Crippen LogP contribution is 2.04. The summed E-state index contributed by atoms with van der Waals surface area (Å²) in [7, 11) is 0. The van der Waals surface area contributed by atoms with Gasteiger partial charge in [-0.1, -0.05) is 0 Å². The fourth-order valence-electron chi connectivity index (χ4n) is 1.38. The lowest BCUT2D eigenvalue weighted by atomic mass is 10.1. The predicted octanol–water partition coefficient (Wildman–Crippen LogP) is 2.17. The Kier molecular flexibility index (Phi) is 5.42. The molecular formula is C12H17N3. The summed E-state index contributed by atoms with van der Waals surface area (Å²) in [5.74, 6) is 0. The minimum atomic E-state index is 0.663. The topological polar surface area (TPSA) is 48.7 Å². The molecule has 0 bridgehead atoms. The molecule has 0 saturated carbocycles. The number of aryl methyl sites for hydroxylation is 1. The van der Waals surface area contributed by atoms with Crippen LogP contribution in [-0.2, 0) is 6.54 Å². The van der Waals surface area contributed by atoms with Crippen LogP contribution in [0.1, 0.15) is 30.4 Å². The van der Waals surface area contributed by atoms with Crippen LogP contribution in [0.2, 0.25) is 0 Å². The van der Waals surface area contributed by atoms with Crippen molar-refractivity contribution in [2.24, 2.45) is 0 Å². The van der Waals surface area contributed by atoms with Crippen LogP contribution in [0.5, 0.6) is 0 Å². The number of hydrogen-bond acceptors (Lipinski definition) is 3. The number of rotatable bonds is 6. The number of aromatic nitrogens is 1. The molecule has 0 amide bonds. The molecule has 1 N–H and O–H groups in total. The Hall–Kier alpha value is -1.40. The molecule has 0 aliphatic rings. The monoisotopic (exact) mass is 203 g/mol. The van der Waals surface area contributed by atoms with Gasteiger partial charge in [0.05, 0.1) is 6.07 Å². The Morgan fingerprint density at radius 3 is 3.07 bits per heavy atom. The van der Waals surface area contributed by atoms with Gasteiger partial charge in [-0.05, 0) is 43.5 Å². The quantitative estimate of drug-likeness (QED) is 0.721. The lowest BCUT2D eigenvalue weighted by Gasteiger charge is -2.06. The van der Waals surface area contributed by atoms with Crippen molar-refractivity contribution >= 4 is 0 Å². The first-order chi connectivity index (χ1) is 7.34. The Bertz CT molecular complexity index is 328. The third-order valence-electron chi connectivity index (χ3n) is 2.34. The largest absolute Gasteiger partial charge is 0.313 e. The Morgan fingerprint density at radius 1 is 1.47 bits per heavy atom. The van der Waals surface area contributed by atoms with Crippen LogP contribution in [0.3, 0.4) is 0 Å². The molecular weight excluding hydrogens is 186 g/mol. The van der Waals surface area contributed by atoms with Crippen LogP contribution in [-0.4, -0.2) is 11.5 Å². The highest BCUT2D eigenvalue weighted by atomic mass is 14.8. The number of nitriles is 1. The molecule has 1 aromatic heterocycles. The summed E-state index contributed by atoms with van der Waals surface area (Å²) in [4.78, 5) is 4.05. The van der Waals surface area contributed by atoms with Crippen LogP contribution in [0.15, 0.2) is 18.5 Å². The third kappa shape index (κ3) is 4.57. The van der Waals surface area contributed by atoms with Crippen LogP contribution in [0, 0.1) is 18.3 Å². The van der Waals surface area contributed by atoms with Gasteiger partial charge in [-0.2, -0.15) is 5.26 Å². The Morgan fingerprint density at radius 2 is 2.33 bits per heavy atom. The molecule has 0 spiro atoms. The summed E-state index contributed by atoms with van der Waals surface area (Å²) in [5.41, 5.74) is 2.52. The average molecular weight is 203 g/mol. The average Bonchev–Trinajstić information content (AvgIpc) is 2.25. The molecule has 0 atom stereocenters. The molecule has 1 aromatic rings. The molecule has 0 aliphatic heterocycles. The highest BCUT2D eigenvalue weighted by molar-refractivity contribution is 5.20. The van der Waals surface area contributed by atoms with E-state index in [2.05, 4.69) is 23.3 Å². The zero-order chi connectivity index (χ0) is 10.9. The summed E-state index contributed by atoms with van der Waals surface area (Å²) in [6.07, 6.45) is 6.42. The fraction of sp³-hybridized carbons (Fsp3) is 0.500. The van der Waals surface area contributed by atoms with E-state index in [1.807, 2.05) is 18.5 Å². The summed E-state index contributed by atoms with van der Waals surface area (Å²) in [6.45, 7) is 3.93. The van der Waals surface area contributed by atoms with Crippen molar-refractivity contribution < 1.29 is 0 Å². The highest BCUT2D eigenvalue weighted by Gasteiger charge is 1.96. The normalized spacial score (nSPS) is 9.87. The number of unbranched alkanes of at least 4 members (excludes halogenated alkanes) is 2. The first kappa shape index (κ1) is 11.7. The van der Waals surface area contributed by atoms with Gasteiger partial charge in [-0.3, -0.25) is 4.98 Å². The van der Waals surface area contributed by atoms with Crippen LogP contribution in [0.4, 0.5) is 0 Å². The van der Waals surface area contributed by atoms with Gasteiger partial charge >= 0.3 is 0 Å². The van der Waals surface area contributed by atoms with Gasteiger partial charge in [-0.25, -0.2) is 0 Å². The molecule has 0 fully saturated rings. The molecule has 0 saturated heterocycles.